The van der Waals surface area contributed by atoms with E-state index < -0.39 is 0 Å². The summed E-state index contributed by atoms with van der Waals surface area (Å²) >= 11 is 0. The Morgan fingerprint density at radius 2 is 1.67 bits per heavy atom. The molecule has 0 aromatic rings. The van der Waals surface area contributed by atoms with E-state index >= 15 is 0 Å². The van der Waals surface area contributed by atoms with Crippen molar-refractivity contribution in [2.75, 3.05) is 6.54 Å². The Hall–Kier alpha value is -0.300. The number of hydrogen-bond donors (Lipinski definition) is 1. The van der Waals surface area contributed by atoms with Crippen molar-refractivity contribution in [2.45, 2.75) is 99.0 Å². The maximum Gasteiger partial charge on any atom is 0.00105 e. The van der Waals surface area contributed by atoms with E-state index in [2.05, 4.69) is 52.9 Å². The zero-order valence-corrected chi connectivity index (χ0v) is 15.7. The van der Waals surface area contributed by atoms with Gasteiger partial charge in [0.15, 0.2) is 0 Å². The quantitative estimate of drug-likeness (QED) is 0.391. The lowest BCUT2D eigenvalue weighted by Crippen LogP contribution is -2.24. The van der Waals surface area contributed by atoms with Gasteiger partial charge in [-0.1, -0.05) is 78.9 Å². The Kier molecular flexibility index (Phi) is 13.2. The Morgan fingerprint density at radius 1 is 0.952 bits per heavy atom. The number of rotatable bonds is 13. The van der Waals surface area contributed by atoms with Gasteiger partial charge in [0.2, 0.25) is 0 Å². The topological polar surface area (TPSA) is 12.0 Å². The fourth-order valence-electron chi connectivity index (χ4n) is 2.85. The summed E-state index contributed by atoms with van der Waals surface area (Å²) in [6, 6.07) is 0.602. The lowest BCUT2D eigenvalue weighted by Gasteiger charge is -2.20. The number of unbranched alkanes of at least 4 members (excludes halogenated alkanes) is 1. The molecule has 0 fully saturated rings. The third-order valence-electron chi connectivity index (χ3n) is 4.12. The van der Waals surface area contributed by atoms with Crippen LogP contribution in [0.5, 0.6) is 0 Å². The smallest absolute Gasteiger partial charge is 0.00105 e. The summed E-state index contributed by atoms with van der Waals surface area (Å²) in [5.41, 5.74) is 1.70. The van der Waals surface area contributed by atoms with Crippen molar-refractivity contribution in [3.8, 4) is 0 Å². The van der Waals surface area contributed by atoms with Gasteiger partial charge in [-0.15, -0.1) is 0 Å². The molecule has 1 N–H and O–H groups in total. The van der Waals surface area contributed by atoms with Gasteiger partial charge in [0, 0.05) is 6.04 Å². The first kappa shape index (κ1) is 20.7. The summed E-state index contributed by atoms with van der Waals surface area (Å²) in [4.78, 5) is 0. The highest BCUT2D eigenvalue weighted by atomic mass is 14.9. The molecule has 126 valence electrons. The van der Waals surface area contributed by atoms with Crippen LogP contribution in [0.1, 0.15) is 92.9 Å². The molecule has 1 atom stereocenters. The Morgan fingerprint density at radius 3 is 2.19 bits per heavy atom. The maximum atomic E-state index is 3.57. The van der Waals surface area contributed by atoms with E-state index in [4.69, 9.17) is 0 Å². The second kappa shape index (κ2) is 13.4. The summed E-state index contributed by atoms with van der Waals surface area (Å²) < 4.78 is 0. The van der Waals surface area contributed by atoms with E-state index in [1.54, 1.807) is 5.57 Å². The van der Waals surface area contributed by atoms with Crippen LogP contribution in [0.4, 0.5) is 0 Å². The predicted octanol–water partition coefficient (Wildman–Crippen LogP) is 6.34. The van der Waals surface area contributed by atoms with Crippen molar-refractivity contribution < 1.29 is 0 Å². The van der Waals surface area contributed by atoms with Crippen LogP contribution in [0, 0.1) is 11.8 Å². The molecule has 1 heteroatoms. The molecule has 0 saturated carbocycles. The molecule has 0 heterocycles. The zero-order chi connectivity index (χ0) is 16.1. The van der Waals surface area contributed by atoms with Crippen LogP contribution < -0.4 is 5.32 Å². The van der Waals surface area contributed by atoms with Crippen LogP contribution in [-0.2, 0) is 0 Å². The predicted molar refractivity (Wildman–Crippen MR) is 97.8 cm³/mol. The third kappa shape index (κ3) is 13.1. The molecular weight excluding hydrogens is 254 g/mol. The van der Waals surface area contributed by atoms with Crippen LogP contribution in [0.3, 0.4) is 0 Å². The first-order valence-electron chi connectivity index (χ1n) is 9.40. The van der Waals surface area contributed by atoms with Crippen molar-refractivity contribution in [3.63, 3.8) is 0 Å². The molecule has 0 spiro atoms. The van der Waals surface area contributed by atoms with E-state index in [1.807, 2.05) is 0 Å². The Bertz CT molecular complexity index is 253. The highest BCUT2D eigenvalue weighted by Gasteiger charge is 2.11. The molecule has 1 unspecified atom stereocenters. The SMILES string of the molecule is CCC/C=C(\CCNC(C)C)CC(CCC)CCC(C)C. The monoisotopic (exact) mass is 295 g/mol. The molecule has 0 rings (SSSR count). The van der Waals surface area contributed by atoms with Crippen molar-refractivity contribution >= 4 is 0 Å². The summed E-state index contributed by atoms with van der Waals surface area (Å²) in [6.07, 6.45) is 13.1. The minimum atomic E-state index is 0.602. The number of allylic oxidation sites excluding steroid dienone is 1. The second-order valence-corrected chi connectivity index (χ2v) is 7.34. The van der Waals surface area contributed by atoms with E-state index in [0.717, 1.165) is 18.4 Å². The fraction of sp³-hybridized carbons (Fsp3) is 0.900. The first-order chi connectivity index (χ1) is 9.99. The van der Waals surface area contributed by atoms with Crippen molar-refractivity contribution in [3.05, 3.63) is 11.6 Å². The fourth-order valence-corrected chi connectivity index (χ4v) is 2.85. The van der Waals surface area contributed by atoms with E-state index in [-0.39, 0.29) is 0 Å². The molecule has 0 radical (unpaired) electrons. The molecular formula is C20H41N. The summed E-state index contributed by atoms with van der Waals surface area (Å²) in [5, 5.41) is 3.57. The Labute approximate surface area is 135 Å². The summed E-state index contributed by atoms with van der Waals surface area (Å²) in [5.74, 6) is 1.74. The van der Waals surface area contributed by atoms with Crippen LogP contribution in [-0.4, -0.2) is 12.6 Å². The van der Waals surface area contributed by atoms with Crippen molar-refractivity contribution in [2.24, 2.45) is 11.8 Å². The maximum absolute atomic E-state index is 3.57. The van der Waals surface area contributed by atoms with Crippen molar-refractivity contribution in [1.29, 1.82) is 0 Å². The minimum absolute atomic E-state index is 0.602. The van der Waals surface area contributed by atoms with Gasteiger partial charge in [-0.25, -0.2) is 0 Å². The minimum Gasteiger partial charge on any atom is -0.314 e. The van der Waals surface area contributed by atoms with Crippen LogP contribution >= 0.6 is 0 Å². The largest absolute Gasteiger partial charge is 0.314 e. The zero-order valence-electron chi connectivity index (χ0n) is 15.7. The van der Waals surface area contributed by atoms with E-state index in [0.29, 0.717) is 6.04 Å². The lowest BCUT2D eigenvalue weighted by molar-refractivity contribution is 0.390. The molecule has 0 saturated heterocycles. The molecule has 1 nitrogen and oxygen atoms in total. The van der Waals surface area contributed by atoms with Crippen LogP contribution in [0.2, 0.25) is 0 Å². The Balaban J connectivity index is 4.42. The van der Waals surface area contributed by atoms with Gasteiger partial charge in [-0.3, -0.25) is 0 Å². The highest BCUT2D eigenvalue weighted by molar-refractivity contribution is 5.04. The molecule has 0 aliphatic carbocycles. The van der Waals surface area contributed by atoms with Gasteiger partial charge in [0.05, 0.1) is 0 Å². The average molecular weight is 296 g/mol. The molecule has 0 aromatic heterocycles. The van der Waals surface area contributed by atoms with Crippen LogP contribution in [0.25, 0.3) is 0 Å². The van der Waals surface area contributed by atoms with Gasteiger partial charge >= 0.3 is 0 Å². The lowest BCUT2D eigenvalue weighted by atomic mass is 9.87. The highest BCUT2D eigenvalue weighted by Crippen LogP contribution is 2.26. The number of hydrogen-bond acceptors (Lipinski definition) is 1. The number of nitrogens with one attached hydrogen (secondary N) is 1. The normalized spacial score (nSPS) is 14.2. The van der Waals surface area contributed by atoms with Gasteiger partial charge in [-0.2, -0.15) is 0 Å². The van der Waals surface area contributed by atoms with Crippen molar-refractivity contribution in [1.82, 2.24) is 5.32 Å². The van der Waals surface area contributed by atoms with E-state index in [1.165, 1.54) is 51.4 Å². The molecule has 0 aliphatic heterocycles. The standard InChI is InChI=1S/C20H41N/c1-7-9-11-20(14-15-21-18(5)6)16-19(10-8-2)13-12-17(3)4/h11,17-19,21H,7-10,12-16H2,1-6H3/b20-11+. The molecule has 0 bridgehead atoms. The van der Waals surface area contributed by atoms with Gasteiger partial charge < -0.3 is 5.32 Å². The molecule has 0 aliphatic rings. The van der Waals surface area contributed by atoms with Gasteiger partial charge in [-0.05, 0) is 44.1 Å². The molecule has 0 amide bonds. The van der Waals surface area contributed by atoms with Gasteiger partial charge in [0.1, 0.15) is 0 Å². The third-order valence-corrected chi connectivity index (χ3v) is 4.12. The molecule has 0 aromatic carbocycles. The first-order valence-corrected chi connectivity index (χ1v) is 9.40. The average Bonchev–Trinajstić information content (AvgIpc) is 2.41. The van der Waals surface area contributed by atoms with Gasteiger partial charge in [0.25, 0.3) is 0 Å². The molecule has 21 heavy (non-hydrogen) atoms. The summed E-state index contributed by atoms with van der Waals surface area (Å²) in [6.45, 7) is 14.9. The summed E-state index contributed by atoms with van der Waals surface area (Å²) in [7, 11) is 0. The van der Waals surface area contributed by atoms with E-state index in [9.17, 15) is 0 Å². The van der Waals surface area contributed by atoms with Crippen LogP contribution in [0.15, 0.2) is 11.6 Å². The second-order valence-electron chi connectivity index (χ2n) is 7.34.